The quantitative estimate of drug-likeness (QED) is 0.902. The number of rotatable bonds is 3. The van der Waals surface area contributed by atoms with E-state index in [4.69, 9.17) is 0 Å². The van der Waals surface area contributed by atoms with Gasteiger partial charge in [0.25, 0.3) is 0 Å². The van der Waals surface area contributed by atoms with Crippen molar-refractivity contribution in [1.82, 2.24) is 20.1 Å². The average Bonchev–Trinajstić information content (AvgIpc) is 2.69. The number of aromatic nitrogens is 3. The van der Waals surface area contributed by atoms with E-state index in [0.29, 0.717) is 18.2 Å². The SMILES string of the molecule is Cn1nc(CCC2CCNCC2)nc1C(F)(F)F. The third-order valence-electron chi connectivity index (χ3n) is 3.30. The molecule has 0 atom stereocenters. The number of hydrogen-bond acceptors (Lipinski definition) is 3. The minimum atomic E-state index is -4.42. The number of nitrogens with zero attached hydrogens (tertiary/aromatic N) is 3. The third-order valence-corrected chi connectivity index (χ3v) is 3.30. The van der Waals surface area contributed by atoms with Crippen LogP contribution < -0.4 is 5.32 Å². The second kappa shape index (κ2) is 5.26. The fourth-order valence-electron chi connectivity index (χ4n) is 2.29. The summed E-state index contributed by atoms with van der Waals surface area (Å²) in [6.07, 6.45) is -0.871. The molecule has 0 bridgehead atoms. The number of alkyl halides is 3. The van der Waals surface area contributed by atoms with Crippen LogP contribution >= 0.6 is 0 Å². The maximum atomic E-state index is 12.5. The van der Waals surface area contributed by atoms with Crippen molar-refractivity contribution in [3.8, 4) is 0 Å². The molecule has 1 aliphatic heterocycles. The summed E-state index contributed by atoms with van der Waals surface area (Å²) in [7, 11) is 1.28. The van der Waals surface area contributed by atoms with Crippen LogP contribution in [0.2, 0.25) is 0 Å². The van der Waals surface area contributed by atoms with E-state index in [0.717, 1.165) is 37.0 Å². The molecule has 0 spiro atoms. The Morgan fingerprint density at radius 3 is 2.56 bits per heavy atom. The van der Waals surface area contributed by atoms with E-state index in [9.17, 15) is 13.2 Å². The molecule has 2 rings (SSSR count). The molecule has 7 heteroatoms. The first-order valence-electron chi connectivity index (χ1n) is 6.14. The Morgan fingerprint density at radius 1 is 1.33 bits per heavy atom. The predicted molar refractivity (Wildman–Crippen MR) is 59.9 cm³/mol. The van der Waals surface area contributed by atoms with E-state index in [1.807, 2.05) is 0 Å². The van der Waals surface area contributed by atoms with E-state index >= 15 is 0 Å². The molecular formula is C11H17F3N4. The van der Waals surface area contributed by atoms with Crippen molar-refractivity contribution >= 4 is 0 Å². The first-order valence-corrected chi connectivity index (χ1v) is 6.14. The lowest BCUT2D eigenvalue weighted by Crippen LogP contribution is -2.27. The Bertz CT molecular complexity index is 393. The Hall–Kier alpha value is -1.11. The van der Waals surface area contributed by atoms with Gasteiger partial charge < -0.3 is 5.32 Å². The van der Waals surface area contributed by atoms with Gasteiger partial charge in [0.2, 0.25) is 5.82 Å². The van der Waals surface area contributed by atoms with Crippen LogP contribution in [0.5, 0.6) is 0 Å². The van der Waals surface area contributed by atoms with Gasteiger partial charge in [-0.2, -0.15) is 18.3 Å². The van der Waals surface area contributed by atoms with Crippen LogP contribution in [0.15, 0.2) is 0 Å². The van der Waals surface area contributed by atoms with Gasteiger partial charge in [-0.1, -0.05) is 0 Å². The molecule has 1 saturated heterocycles. The molecule has 0 unspecified atom stereocenters. The Balaban J connectivity index is 1.93. The molecule has 1 aromatic heterocycles. The second-order valence-corrected chi connectivity index (χ2v) is 4.71. The van der Waals surface area contributed by atoms with Crippen LogP contribution in [0.3, 0.4) is 0 Å². The molecule has 1 N–H and O–H groups in total. The molecule has 0 saturated carbocycles. The summed E-state index contributed by atoms with van der Waals surface area (Å²) in [5.74, 6) is -0.0458. The predicted octanol–water partition coefficient (Wildman–Crippen LogP) is 1.77. The second-order valence-electron chi connectivity index (χ2n) is 4.71. The van der Waals surface area contributed by atoms with Crippen molar-refractivity contribution in [2.45, 2.75) is 31.9 Å². The normalized spacial score (nSPS) is 18.2. The van der Waals surface area contributed by atoms with Gasteiger partial charge in [0.05, 0.1) is 0 Å². The van der Waals surface area contributed by atoms with Crippen LogP contribution in [0.4, 0.5) is 13.2 Å². The van der Waals surface area contributed by atoms with E-state index < -0.39 is 12.0 Å². The lowest BCUT2D eigenvalue weighted by molar-refractivity contribution is -0.147. The molecule has 0 aromatic carbocycles. The molecule has 0 aliphatic carbocycles. The van der Waals surface area contributed by atoms with Crippen molar-refractivity contribution in [3.63, 3.8) is 0 Å². The zero-order valence-electron chi connectivity index (χ0n) is 10.3. The molecule has 102 valence electrons. The van der Waals surface area contributed by atoms with Gasteiger partial charge in [-0.05, 0) is 38.3 Å². The molecule has 0 amide bonds. The summed E-state index contributed by atoms with van der Waals surface area (Å²) in [6, 6.07) is 0. The van der Waals surface area contributed by atoms with Gasteiger partial charge >= 0.3 is 6.18 Å². The van der Waals surface area contributed by atoms with Crippen molar-refractivity contribution < 1.29 is 13.2 Å². The number of nitrogens with one attached hydrogen (secondary N) is 1. The maximum absolute atomic E-state index is 12.5. The standard InChI is InChI=1S/C11H17F3N4/c1-18-10(11(12,13)14)16-9(17-18)3-2-8-4-6-15-7-5-8/h8,15H,2-7H2,1H3. The lowest BCUT2D eigenvalue weighted by atomic mass is 9.93. The Kier molecular flexibility index (Phi) is 3.89. The molecular weight excluding hydrogens is 245 g/mol. The van der Waals surface area contributed by atoms with Crippen LogP contribution in [0, 0.1) is 5.92 Å². The topological polar surface area (TPSA) is 42.7 Å². The van der Waals surface area contributed by atoms with E-state index in [1.165, 1.54) is 7.05 Å². The van der Waals surface area contributed by atoms with E-state index in [2.05, 4.69) is 15.4 Å². The monoisotopic (exact) mass is 262 g/mol. The fourth-order valence-corrected chi connectivity index (χ4v) is 2.29. The molecule has 18 heavy (non-hydrogen) atoms. The van der Waals surface area contributed by atoms with Crippen LogP contribution in [0.1, 0.15) is 30.9 Å². The Labute approximate surface area is 104 Å². The van der Waals surface area contributed by atoms with Crippen molar-refractivity contribution in [1.29, 1.82) is 0 Å². The minimum absolute atomic E-state index is 0.295. The first-order chi connectivity index (χ1) is 8.47. The summed E-state index contributed by atoms with van der Waals surface area (Å²) in [5, 5.41) is 7.09. The zero-order chi connectivity index (χ0) is 13.2. The highest BCUT2D eigenvalue weighted by atomic mass is 19.4. The van der Waals surface area contributed by atoms with Gasteiger partial charge in [-0.15, -0.1) is 0 Å². The highest BCUT2D eigenvalue weighted by Gasteiger charge is 2.37. The highest BCUT2D eigenvalue weighted by Crippen LogP contribution is 2.27. The summed E-state index contributed by atoms with van der Waals surface area (Å²) >= 11 is 0. The first kappa shape index (κ1) is 13.3. The van der Waals surface area contributed by atoms with Crippen LogP contribution in [-0.2, 0) is 19.6 Å². The largest absolute Gasteiger partial charge is 0.451 e. The van der Waals surface area contributed by atoms with Gasteiger partial charge in [0, 0.05) is 13.5 Å². The summed E-state index contributed by atoms with van der Waals surface area (Å²) in [5.41, 5.74) is 0. The fraction of sp³-hybridized carbons (Fsp3) is 0.818. The van der Waals surface area contributed by atoms with Crippen molar-refractivity contribution in [2.75, 3.05) is 13.1 Å². The maximum Gasteiger partial charge on any atom is 0.451 e. The summed E-state index contributed by atoms with van der Waals surface area (Å²) in [6.45, 7) is 1.99. The van der Waals surface area contributed by atoms with Crippen molar-refractivity contribution in [3.05, 3.63) is 11.6 Å². The average molecular weight is 262 g/mol. The number of aryl methyl sites for hydroxylation is 2. The van der Waals surface area contributed by atoms with Gasteiger partial charge in [-0.25, -0.2) is 9.67 Å². The van der Waals surface area contributed by atoms with Crippen LogP contribution in [-0.4, -0.2) is 27.9 Å². The number of piperidine rings is 1. The smallest absolute Gasteiger partial charge is 0.317 e. The zero-order valence-corrected chi connectivity index (χ0v) is 10.3. The summed E-state index contributed by atoms with van der Waals surface area (Å²) < 4.78 is 38.4. The van der Waals surface area contributed by atoms with Gasteiger partial charge in [0.15, 0.2) is 5.82 Å². The Morgan fingerprint density at radius 2 is 2.00 bits per heavy atom. The van der Waals surface area contributed by atoms with E-state index in [-0.39, 0.29) is 0 Å². The number of halogens is 3. The highest BCUT2D eigenvalue weighted by molar-refractivity contribution is 4.97. The van der Waals surface area contributed by atoms with Gasteiger partial charge in [0.1, 0.15) is 0 Å². The summed E-state index contributed by atoms with van der Waals surface area (Å²) in [4.78, 5) is 3.58. The van der Waals surface area contributed by atoms with E-state index in [1.54, 1.807) is 0 Å². The van der Waals surface area contributed by atoms with Crippen LogP contribution in [0.25, 0.3) is 0 Å². The number of hydrogen-bond donors (Lipinski definition) is 1. The van der Waals surface area contributed by atoms with Gasteiger partial charge in [-0.3, -0.25) is 0 Å². The molecule has 1 fully saturated rings. The third kappa shape index (κ3) is 3.22. The molecule has 1 aliphatic rings. The molecule has 4 nitrogen and oxygen atoms in total. The lowest BCUT2D eigenvalue weighted by Gasteiger charge is -2.21. The molecule has 2 heterocycles. The van der Waals surface area contributed by atoms with Crippen molar-refractivity contribution in [2.24, 2.45) is 13.0 Å². The molecule has 1 aromatic rings. The minimum Gasteiger partial charge on any atom is -0.317 e. The molecule has 0 radical (unpaired) electrons.